The van der Waals surface area contributed by atoms with E-state index in [-0.39, 0.29) is 12.6 Å². The maximum absolute atomic E-state index is 12.0. The molecule has 0 aliphatic rings. The number of amides is 2. The molecule has 22 heavy (non-hydrogen) atoms. The molecule has 2 aromatic rings. The van der Waals surface area contributed by atoms with Crippen molar-refractivity contribution >= 4 is 16.8 Å². The van der Waals surface area contributed by atoms with Crippen molar-refractivity contribution in [2.24, 2.45) is 0 Å². The largest absolute Gasteiger partial charge is 0.359 e. The van der Waals surface area contributed by atoms with Crippen LogP contribution in [0, 0.1) is 0 Å². The minimum Gasteiger partial charge on any atom is -0.359 e. The van der Waals surface area contributed by atoms with E-state index in [1.807, 2.05) is 43.3 Å². The fraction of sp³-hybridized carbons (Fsp3) is 0.333. The van der Waals surface area contributed by atoms with E-state index in [1.165, 1.54) is 0 Å². The van der Waals surface area contributed by atoms with Gasteiger partial charge in [-0.2, -0.15) is 0 Å². The Labute approximate surface area is 131 Å². The second-order valence-corrected chi connectivity index (χ2v) is 6.18. The highest BCUT2D eigenvalue weighted by Gasteiger charge is 2.07. The third-order valence-electron chi connectivity index (χ3n) is 2.97. The van der Waals surface area contributed by atoms with Gasteiger partial charge in [0.1, 0.15) is 0 Å². The number of nitrogens with zero attached hydrogens (tertiary/aromatic N) is 1. The van der Waals surface area contributed by atoms with Crippen molar-refractivity contribution in [2.45, 2.75) is 24.8 Å². The van der Waals surface area contributed by atoms with Gasteiger partial charge in [0.05, 0.1) is 23.0 Å². The molecule has 0 radical (unpaired) electrons. The summed E-state index contributed by atoms with van der Waals surface area (Å²) in [5.41, 5.74) is 0.857. The van der Waals surface area contributed by atoms with Gasteiger partial charge in [-0.3, -0.25) is 4.21 Å². The molecule has 2 rings (SSSR count). The highest BCUT2D eigenvalue weighted by molar-refractivity contribution is 7.85. The molecule has 7 heteroatoms. The van der Waals surface area contributed by atoms with Crippen molar-refractivity contribution < 1.29 is 13.5 Å². The number of carbonyl (C=O) groups is 1. The molecule has 0 unspecified atom stereocenters. The van der Waals surface area contributed by atoms with Crippen LogP contribution in [0.1, 0.15) is 18.4 Å². The SMILES string of the molecule is CCc1cc(CNC(=O)NCC[S@](=O)c2ccccc2)on1. The fourth-order valence-electron chi connectivity index (χ4n) is 1.78. The first-order valence-corrected chi connectivity index (χ1v) is 8.40. The molecule has 0 aliphatic heterocycles. The Kier molecular flexibility index (Phi) is 6.14. The second-order valence-electron chi connectivity index (χ2n) is 4.61. The van der Waals surface area contributed by atoms with Crippen molar-refractivity contribution in [1.29, 1.82) is 0 Å². The van der Waals surface area contributed by atoms with Crippen LogP contribution in [0.2, 0.25) is 0 Å². The maximum atomic E-state index is 12.0. The van der Waals surface area contributed by atoms with Gasteiger partial charge >= 0.3 is 6.03 Å². The number of aromatic nitrogens is 1. The Morgan fingerprint density at radius 2 is 2.05 bits per heavy atom. The quantitative estimate of drug-likeness (QED) is 0.815. The molecule has 0 fully saturated rings. The smallest absolute Gasteiger partial charge is 0.315 e. The topological polar surface area (TPSA) is 84.2 Å². The third-order valence-corrected chi connectivity index (χ3v) is 4.35. The van der Waals surface area contributed by atoms with Crippen molar-refractivity contribution in [3.63, 3.8) is 0 Å². The first-order chi connectivity index (χ1) is 10.7. The van der Waals surface area contributed by atoms with Gasteiger partial charge in [0.25, 0.3) is 0 Å². The summed E-state index contributed by atoms with van der Waals surface area (Å²) in [5, 5.41) is 9.18. The molecule has 2 N–H and O–H groups in total. The molecule has 0 saturated carbocycles. The predicted molar refractivity (Wildman–Crippen MR) is 83.8 cm³/mol. The van der Waals surface area contributed by atoms with Gasteiger partial charge in [-0.05, 0) is 18.6 Å². The average Bonchev–Trinajstić information content (AvgIpc) is 3.02. The van der Waals surface area contributed by atoms with E-state index in [0.717, 1.165) is 17.0 Å². The highest BCUT2D eigenvalue weighted by Crippen LogP contribution is 2.05. The first kappa shape index (κ1) is 16.2. The number of hydrogen-bond donors (Lipinski definition) is 2. The summed E-state index contributed by atoms with van der Waals surface area (Å²) in [6.45, 7) is 2.60. The third kappa shape index (κ3) is 5.00. The summed E-state index contributed by atoms with van der Waals surface area (Å²) in [7, 11) is -1.11. The Morgan fingerprint density at radius 3 is 2.73 bits per heavy atom. The lowest BCUT2D eigenvalue weighted by molar-refractivity contribution is 0.239. The maximum Gasteiger partial charge on any atom is 0.315 e. The van der Waals surface area contributed by atoms with E-state index in [4.69, 9.17) is 4.52 Å². The molecule has 1 aromatic carbocycles. The van der Waals surface area contributed by atoms with Crippen LogP contribution in [0.25, 0.3) is 0 Å². The number of urea groups is 1. The van der Waals surface area contributed by atoms with Gasteiger partial charge in [-0.15, -0.1) is 0 Å². The number of nitrogens with one attached hydrogen (secondary N) is 2. The van der Waals surface area contributed by atoms with Gasteiger partial charge in [0.2, 0.25) is 0 Å². The van der Waals surface area contributed by atoms with Crippen LogP contribution in [0.5, 0.6) is 0 Å². The molecule has 6 nitrogen and oxygen atoms in total. The molecule has 0 saturated heterocycles. The van der Waals surface area contributed by atoms with E-state index in [9.17, 15) is 9.00 Å². The summed E-state index contributed by atoms with van der Waals surface area (Å²) in [5.74, 6) is 0.986. The lowest BCUT2D eigenvalue weighted by Gasteiger charge is -2.06. The molecule has 0 aliphatic carbocycles. The zero-order valence-corrected chi connectivity index (χ0v) is 13.2. The Morgan fingerprint density at radius 1 is 1.27 bits per heavy atom. The number of benzene rings is 1. The number of aryl methyl sites for hydroxylation is 1. The summed E-state index contributed by atoms with van der Waals surface area (Å²) in [4.78, 5) is 12.4. The monoisotopic (exact) mass is 321 g/mol. The number of carbonyl (C=O) groups excluding carboxylic acids is 1. The summed E-state index contributed by atoms with van der Waals surface area (Å²) >= 11 is 0. The molecule has 1 aromatic heterocycles. The van der Waals surface area contributed by atoms with E-state index in [0.29, 0.717) is 18.1 Å². The molecular weight excluding hydrogens is 302 g/mol. The molecule has 0 bridgehead atoms. The number of rotatable bonds is 7. The lowest BCUT2D eigenvalue weighted by atomic mass is 10.3. The molecular formula is C15H19N3O3S. The zero-order valence-electron chi connectivity index (χ0n) is 12.4. The van der Waals surface area contributed by atoms with Gasteiger partial charge < -0.3 is 15.2 Å². The second kappa shape index (κ2) is 8.33. The number of hydrogen-bond acceptors (Lipinski definition) is 4. The van der Waals surface area contributed by atoms with Gasteiger partial charge in [0.15, 0.2) is 5.76 Å². The van der Waals surface area contributed by atoms with Crippen LogP contribution in [0.15, 0.2) is 45.8 Å². The van der Waals surface area contributed by atoms with Gasteiger partial charge in [-0.1, -0.05) is 30.3 Å². The predicted octanol–water partition coefficient (Wildman–Crippen LogP) is 1.84. The van der Waals surface area contributed by atoms with Gasteiger partial charge in [-0.25, -0.2) is 4.79 Å². The van der Waals surface area contributed by atoms with Crippen molar-refractivity contribution in [3.05, 3.63) is 47.9 Å². The zero-order chi connectivity index (χ0) is 15.8. The summed E-state index contributed by atoms with van der Waals surface area (Å²) in [6.07, 6.45) is 0.793. The normalized spacial score (nSPS) is 11.9. The van der Waals surface area contributed by atoms with E-state index >= 15 is 0 Å². The van der Waals surface area contributed by atoms with Crippen LogP contribution in [-0.4, -0.2) is 27.7 Å². The average molecular weight is 321 g/mol. The van der Waals surface area contributed by atoms with Crippen LogP contribution >= 0.6 is 0 Å². The van der Waals surface area contributed by atoms with Gasteiger partial charge in [0, 0.05) is 23.3 Å². The molecule has 118 valence electrons. The lowest BCUT2D eigenvalue weighted by Crippen LogP contribution is -2.37. The van der Waals surface area contributed by atoms with Crippen LogP contribution in [0.4, 0.5) is 4.79 Å². The van der Waals surface area contributed by atoms with Crippen molar-refractivity contribution in [3.8, 4) is 0 Å². The van der Waals surface area contributed by atoms with Crippen LogP contribution in [0.3, 0.4) is 0 Å². The van der Waals surface area contributed by atoms with E-state index in [1.54, 1.807) is 0 Å². The molecule has 2 amide bonds. The molecule has 1 atom stereocenters. The van der Waals surface area contributed by atoms with E-state index < -0.39 is 10.8 Å². The first-order valence-electron chi connectivity index (χ1n) is 7.08. The minimum atomic E-state index is -1.11. The highest BCUT2D eigenvalue weighted by atomic mass is 32.2. The molecule has 1 heterocycles. The van der Waals surface area contributed by atoms with Crippen LogP contribution in [-0.2, 0) is 23.8 Å². The van der Waals surface area contributed by atoms with Crippen molar-refractivity contribution in [2.75, 3.05) is 12.3 Å². The minimum absolute atomic E-state index is 0.278. The summed E-state index contributed by atoms with van der Waals surface area (Å²) in [6, 6.07) is 10.7. The summed E-state index contributed by atoms with van der Waals surface area (Å²) < 4.78 is 17.0. The molecule has 0 spiro atoms. The Balaban J connectivity index is 1.66. The fourth-order valence-corrected chi connectivity index (χ4v) is 2.77. The van der Waals surface area contributed by atoms with Crippen molar-refractivity contribution in [1.82, 2.24) is 15.8 Å². The Hall–Kier alpha value is -2.15. The Bertz CT molecular complexity index is 628. The van der Waals surface area contributed by atoms with Crippen LogP contribution < -0.4 is 10.6 Å². The standard InChI is InChI=1S/C15H19N3O3S/c1-2-12-10-13(21-18-12)11-17-15(19)16-8-9-22(20)14-6-4-3-5-7-14/h3-7,10H,2,8-9,11H2,1H3,(H2,16,17,19)/t22-/m0/s1. The van der Waals surface area contributed by atoms with E-state index in [2.05, 4.69) is 15.8 Å².